The molecule has 0 aliphatic rings. The van der Waals surface area contributed by atoms with Crippen molar-refractivity contribution in [1.82, 2.24) is 5.43 Å². The van der Waals surface area contributed by atoms with E-state index in [1.807, 2.05) is 48.5 Å². The highest BCUT2D eigenvalue weighted by molar-refractivity contribution is 9.10. The Morgan fingerprint density at radius 2 is 1.93 bits per heavy atom. The van der Waals surface area contributed by atoms with Crippen LogP contribution in [0.3, 0.4) is 0 Å². The van der Waals surface area contributed by atoms with Crippen LogP contribution in [-0.2, 0) is 11.4 Å². The number of benzene rings is 3. The Kier molecular flexibility index (Phi) is 7.88. The maximum Gasteiger partial charge on any atom is 0.280 e. The number of hydrazone groups is 1. The first-order valence-electron chi connectivity index (χ1n) is 9.22. The Morgan fingerprint density at radius 1 is 1.13 bits per heavy atom. The summed E-state index contributed by atoms with van der Waals surface area (Å²) in [5, 5.41) is 4.57. The Labute approximate surface area is 188 Å². The molecule has 0 radical (unpaired) electrons. The van der Waals surface area contributed by atoms with Crippen LogP contribution in [-0.4, -0.2) is 18.2 Å². The summed E-state index contributed by atoms with van der Waals surface area (Å²) in [4.78, 5) is 12.2. The summed E-state index contributed by atoms with van der Waals surface area (Å²) in [5.74, 6) is 0.804. The lowest BCUT2D eigenvalue weighted by Crippen LogP contribution is -2.33. The van der Waals surface area contributed by atoms with Crippen LogP contribution in [0.15, 0.2) is 82.4 Å². The van der Waals surface area contributed by atoms with E-state index in [2.05, 4.69) is 26.5 Å². The van der Waals surface area contributed by atoms with E-state index >= 15 is 0 Å². The third kappa shape index (κ3) is 6.61. The maximum absolute atomic E-state index is 12.2. The van der Waals surface area contributed by atoms with Gasteiger partial charge < -0.3 is 9.47 Å². The molecular formula is C23H20BrClN2O3. The lowest BCUT2D eigenvalue weighted by atomic mass is 10.2. The van der Waals surface area contributed by atoms with Crippen LogP contribution < -0.4 is 14.9 Å². The molecule has 3 aromatic carbocycles. The highest BCUT2D eigenvalue weighted by Crippen LogP contribution is 2.20. The lowest BCUT2D eigenvalue weighted by Gasteiger charge is -2.13. The van der Waals surface area contributed by atoms with Crippen molar-refractivity contribution in [2.75, 3.05) is 0 Å². The molecule has 3 aromatic rings. The molecule has 0 saturated heterocycles. The number of nitrogens with one attached hydrogen (secondary N) is 1. The van der Waals surface area contributed by atoms with Gasteiger partial charge in [-0.05, 0) is 55.0 Å². The van der Waals surface area contributed by atoms with Gasteiger partial charge in [-0.1, -0.05) is 57.9 Å². The Morgan fingerprint density at radius 3 is 2.73 bits per heavy atom. The average Bonchev–Trinajstić information content (AvgIpc) is 2.73. The minimum Gasteiger partial charge on any atom is -0.488 e. The van der Waals surface area contributed by atoms with Gasteiger partial charge >= 0.3 is 0 Å². The second kappa shape index (κ2) is 10.8. The van der Waals surface area contributed by atoms with E-state index in [1.165, 1.54) is 0 Å². The Bertz CT molecular complexity index is 1040. The first-order chi connectivity index (χ1) is 14.5. The van der Waals surface area contributed by atoms with Crippen molar-refractivity contribution < 1.29 is 14.3 Å². The van der Waals surface area contributed by atoms with E-state index in [0.717, 1.165) is 15.6 Å². The molecular weight excluding hydrogens is 468 g/mol. The third-order valence-corrected chi connectivity index (χ3v) is 4.79. The molecule has 7 heteroatoms. The Balaban J connectivity index is 1.57. The molecule has 0 aliphatic carbocycles. The van der Waals surface area contributed by atoms with E-state index in [0.29, 0.717) is 23.1 Å². The summed E-state index contributed by atoms with van der Waals surface area (Å²) >= 11 is 9.38. The van der Waals surface area contributed by atoms with Crippen molar-refractivity contribution in [2.45, 2.75) is 19.6 Å². The van der Waals surface area contributed by atoms with Crippen molar-refractivity contribution in [3.8, 4) is 11.5 Å². The smallest absolute Gasteiger partial charge is 0.280 e. The number of para-hydroxylation sites is 1. The van der Waals surface area contributed by atoms with Crippen molar-refractivity contribution in [3.05, 3.63) is 93.4 Å². The summed E-state index contributed by atoms with van der Waals surface area (Å²) in [6.45, 7) is 2.06. The minimum atomic E-state index is -0.733. The van der Waals surface area contributed by atoms with Gasteiger partial charge in [-0.2, -0.15) is 5.10 Å². The maximum atomic E-state index is 12.2. The molecule has 1 unspecified atom stereocenters. The van der Waals surface area contributed by atoms with Gasteiger partial charge in [0.05, 0.1) is 6.21 Å². The van der Waals surface area contributed by atoms with Crippen LogP contribution in [0.4, 0.5) is 0 Å². The summed E-state index contributed by atoms with van der Waals surface area (Å²) < 4.78 is 12.5. The van der Waals surface area contributed by atoms with E-state index < -0.39 is 6.10 Å². The summed E-state index contributed by atoms with van der Waals surface area (Å²) in [5.41, 5.74) is 4.27. The normalized spacial score (nSPS) is 11.8. The molecule has 1 N–H and O–H groups in total. The molecule has 5 nitrogen and oxygen atoms in total. The highest BCUT2D eigenvalue weighted by Gasteiger charge is 2.14. The van der Waals surface area contributed by atoms with Crippen molar-refractivity contribution in [1.29, 1.82) is 0 Å². The fourth-order valence-electron chi connectivity index (χ4n) is 2.56. The van der Waals surface area contributed by atoms with Crippen molar-refractivity contribution >= 4 is 39.7 Å². The fraction of sp³-hybridized carbons (Fsp3) is 0.130. The van der Waals surface area contributed by atoms with Crippen molar-refractivity contribution in [3.63, 3.8) is 0 Å². The van der Waals surface area contributed by atoms with Crippen LogP contribution in [0, 0.1) is 0 Å². The predicted molar refractivity (Wildman–Crippen MR) is 122 cm³/mol. The fourth-order valence-corrected chi connectivity index (χ4v) is 3.19. The molecule has 1 atom stereocenters. The van der Waals surface area contributed by atoms with Crippen LogP contribution in [0.5, 0.6) is 11.5 Å². The lowest BCUT2D eigenvalue weighted by molar-refractivity contribution is -0.127. The van der Waals surface area contributed by atoms with Gasteiger partial charge in [0.1, 0.15) is 18.1 Å². The van der Waals surface area contributed by atoms with Gasteiger partial charge in [0.25, 0.3) is 5.91 Å². The van der Waals surface area contributed by atoms with Gasteiger partial charge in [0.15, 0.2) is 6.10 Å². The molecule has 0 fully saturated rings. The average molecular weight is 488 g/mol. The molecule has 0 aliphatic heterocycles. The second-order valence-corrected chi connectivity index (χ2v) is 7.76. The molecule has 0 bridgehead atoms. The highest BCUT2D eigenvalue weighted by atomic mass is 79.9. The molecule has 0 aromatic heterocycles. The third-order valence-electron chi connectivity index (χ3n) is 4.06. The number of carbonyl (C=O) groups excluding carboxylic acids is 1. The molecule has 1 amide bonds. The number of nitrogens with zero attached hydrogens (tertiary/aromatic N) is 1. The van der Waals surface area contributed by atoms with Gasteiger partial charge in [0, 0.05) is 15.1 Å². The van der Waals surface area contributed by atoms with Crippen molar-refractivity contribution in [2.24, 2.45) is 5.10 Å². The summed E-state index contributed by atoms with van der Waals surface area (Å²) in [7, 11) is 0. The minimum absolute atomic E-state index is 0.376. The van der Waals surface area contributed by atoms with Gasteiger partial charge in [-0.15, -0.1) is 0 Å². The zero-order valence-corrected chi connectivity index (χ0v) is 18.6. The summed E-state index contributed by atoms with van der Waals surface area (Å²) in [6.07, 6.45) is 0.809. The van der Waals surface area contributed by atoms with Gasteiger partial charge in [-0.3, -0.25) is 4.79 Å². The van der Waals surface area contributed by atoms with Crippen LogP contribution >= 0.6 is 27.5 Å². The van der Waals surface area contributed by atoms with E-state index in [4.69, 9.17) is 21.1 Å². The largest absolute Gasteiger partial charge is 0.488 e. The van der Waals surface area contributed by atoms with E-state index in [-0.39, 0.29) is 5.91 Å². The molecule has 0 spiro atoms. The van der Waals surface area contributed by atoms with Gasteiger partial charge in [0.2, 0.25) is 0 Å². The first kappa shape index (κ1) is 21.9. The number of carbonyl (C=O) groups is 1. The number of rotatable bonds is 8. The number of amides is 1. The van der Waals surface area contributed by atoms with Crippen LogP contribution in [0.1, 0.15) is 18.1 Å². The number of hydrogen-bond donors (Lipinski definition) is 1. The van der Waals surface area contributed by atoms with E-state index in [1.54, 1.807) is 37.4 Å². The zero-order valence-electron chi connectivity index (χ0n) is 16.2. The Hall–Kier alpha value is -2.83. The molecule has 30 heavy (non-hydrogen) atoms. The summed E-state index contributed by atoms with van der Waals surface area (Å²) in [6, 6.07) is 22.2. The number of halogens is 2. The predicted octanol–water partition coefficient (Wildman–Crippen LogP) is 5.60. The molecule has 3 rings (SSSR count). The van der Waals surface area contributed by atoms with Crippen LogP contribution in [0.25, 0.3) is 0 Å². The second-order valence-electron chi connectivity index (χ2n) is 6.41. The zero-order chi connectivity index (χ0) is 21.3. The first-order valence-corrected chi connectivity index (χ1v) is 10.4. The molecule has 0 heterocycles. The standard InChI is InChI=1S/C23H20BrClN2O3/c1-16(30-21-10-5-9-20(25)13-21)23(28)27-26-14-18-7-2-3-11-22(18)29-15-17-6-4-8-19(24)12-17/h2-14,16H,15H2,1H3,(H,27,28)/b26-14+. The number of ether oxygens (including phenoxy) is 2. The number of hydrogen-bond acceptors (Lipinski definition) is 4. The quantitative estimate of drug-likeness (QED) is 0.332. The molecule has 0 saturated carbocycles. The monoisotopic (exact) mass is 486 g/mol. The SMILES string of the molecule is CC(Oc1cccc(Cl)c1)C(=O)N/N=C/c1ccccc1OCc1cccc(Br)c1. The van der Waals surface area contributed by atoms with Crippen LogP contribution in [0.2, 0.25) is 5.02 Å². The van der Waals surface area contributed by atoms with E-state index in [9.17, 15) is 4.79 Å². The van der Waals surface area contributed by atoms with Gasteiger partial charge in [-0.25, -0.2) is 5.43 Å². The topological polar surface area (TPSA) is 59.9 Å². The molecule has 154 valence electrons.